The maximum absolute atomic E-state index is 11.4. The van der Waals surface area contributed by atoms with Crippen molar-refractivity contribution in [2.75, 3.05) is 0 Å². The Morgan fingerprint density at radius 1 is 1.37 bits per heavy atom. The fourth-order valence-electron chi connectivity index (χ4n) is 2.24. The van der Waals surface area contributed by atoms with Crippen LogP contribution in [0, 0.1) is 5.92 Å². The number of tetrazole rings is 1. The second-order valence-corrected chi connectivity index (χ2v) is 4.42. The van der Waals surface area contributed by atoms with E-state index in [2.05, 4.69) is 20.6 Å². The van der Waals surface area contributed by atoms with Gasteiger partial charge < -0.3 is 5.11 Å². The molecule has 0 aliphatic rings. The molecule has 0 aliphatic carbocycles. The van der Waals surface area contributed by atoms with Gasteiger partial charge in [0.15, 0.2) is 5.82 Å². The Hall–Kier alpha value is -2.24. The normalized spacial score (nSPS) is 13.9. The van der Waals surface area contributed by atoms with Crippen molar-refractivity contribution >= 4 is 5.97 Å². The van der Waals surface area contributed by atoms with Crippen molar-refractivity contribution in [2.45, 2.75) is 25.7 Å². The number of carbonyl (C=O) groups is 1. The molecule has 0 saturated heterocycles. The lowest BCUT2D eigenvalue weighted by Gasteiger charge is -2.19. The Balaban J connectivity index is 2.27. The Labute approximate surface area is 110 Å². The summed E-state index contributed by atoms with van der Waals surface area (Å²) in [4.78, 5) is 11.4. The first-order chi connectivity index (χ1) is 9.22. The van der Waals surface area contributed by atoms with Crippen molar-refractivity contribution in [3.05, 3.63) is 41.7 Å². The van der Waals surface area contributed by atoms with E-state index in [9.17, 15) is 9.90 Å². The van der Waals surface area contributed by atoms with Crippen LogP contribution in [-0.4, -0.2) is 31.7 Å². The molecular weight excluding hydrogens is 244 g/mol. The van der Waals surface area contributed by atoms with Crippen LogP contribution in [0.3, 0.4) is 0 Å². The third-order valence-electron chi connectivity index (χ3n) is 3.23. The fourth-order valence-corrected chi connectivity index (χ4v) is 2.24. The number of carboxylic acid groups (broad SMARTS) is 1. The summed E-state index contributed by atoms with van der Waals surface area (Å²) in [5.41, 5.74) is 1.07. The van der Waals surface area contributed by atoms with E-state index >= 15 is 0 Å². The number of H-pyrrole nitrogens is 1. The largest absolute Gasteiger partial charge is 0.481 e. The van der Waals surface area contributed by atoms with Gasteiger partial charge in [0.05, 0.1) is 5.92 Å². The lowest BCUT2D eigenvalue weighted by molar-refractivity contribution is -0.142. The van der Waals surface area contributed by atoms with Crippen molar-refractivity contribution in [3.8, 4) is 0 Å². The molecule has 0 spiro atoms. The van der Waals surface area contributed by atoms with Crippen LogP contribution in [0.2, 0.25) is 0 Å². The first kappa shape index (κ1) is 13.2. The number of hydrogen-bond donors (Lipinski definition) is 2. The molecule has 0 saturated carbocycles. The van der Waals surface area contributed by atoms with Crippen molar-refractivity contribution in [3.63, 3.8) is 0 Å². The standard InChI is InChI=1S/C13H16N4O2/c1-2-10(13(18)19)11(12-14-16-17-15-12)8-9-6-4-3-5-7-9/h3-7,10-11H,2,8H2,1H3,(H,18,19)(H,14,15,16,17). The highest BCUT2D eigenvalue weighted by molar-refractivity contribution is 5.71. The topological polar surface area (TPSA) is 91.8 Å². The maximum Gasteiger partial charge on any atom is 0.307 e. The van der Waals surface area contributed by atoms with Crippen LogP contribution in [0.5, 0.6) is 0 Å². The molecule has 0 amide bonds. The highest BCUT2D eigenvalue weighted by Gasteiger charge is 2.31. The molecular formula is C13H16N4O2. The molecule has 1 aromatic heterocycles. The summed E-state index contributed by atoms with van der Waals surface area (Å²) in [5, 5.41) is 23.2. The van der Waals surface area contributed by atoms with E-state index < -0.39 is 11.9 Å². The summed E-state index contributed by atoms with van der Waals surface area (Å²) in [6, 6.07) is 9.75. The monoisotopic (exact) mass is 260 g/mol. The van der Waals surface area contributed by atoms with E-state index in [-0.39, 0.29) is 5.92 Å². The van der Waals surface area contributed by atoms with Crippen molar-refractivity contribution in [2.24, 2.45) is 5.92 Å². The van der Waals surface area contributed by atoms with Crippen LogP contribution in [0.1, 0.15) is 30.7 Å². The van der Waals surface area contributed by atoms with Gasteiger partial charge in [-0.2, -0.15) is 5.21 Å². The zero-order valence-electron chi connectivity index (χ0n) is 10.7. The Bertz CT molecular complexity index is 513. The number of benzene rings is 1. The molecule has 2 N–H and O–H groups in total. The maximum atomic E-state index is 11.4. The second-order valence-electron chi connectivity index (χ2n) is 4.42. The molecule has 2 rings (SSSR count). The molecule has 0 aliphatic heterocycles. The molecule has 0 radical (unpaired) electrons. The molecule has 0 fully saturated rings. The van der Waals surface area contributed by atoms with Crippen molar-refractivity contribution < 1.29 is 9.90 Å². The second kappa shape index (κ2) is 6.08. The Kier molecular flexibility index (Phi) is 4.22. The van der Waals surface area contributed by atoms with Gasteiger partial charge >= 0.3 is 5.97 Å². The number of nitrogens with one attached hydrogen (secondary N) is 1. The van der Waals surface area contributed by atoms with Crippen molar-refractivity contribution in [1.82, 2.24) is 20.6 Å². The van der Waals surface area contributed by atoms with Crippen LogP contribution in [0.25, 0.3) is 0 Å². The summed E-state index contributed by atoms with van der Waals surface area (Å²) < 4.78 is 0. The average Bonchev–Trinajstić information content (AvgIpc) is 2.93. The van der Waals surface area contributed by atoms with Gasteiger partial charge in [0.2, 0.25) is 0 Å². The van der Waals surface area contributed by atoms with E-state index in [0.717, 1.165) is 5.56 Å². The van der Waals surface area contributed by atoms with Gasteiger partial charge in [-0.1, -0.05) is 42.5 Å². The summed E-state index contributed by atoms with van der Waals surface area (Å²) in [5.74, 6) is -1.16. The summed E-state index contributed by atoms with van der Waals surface area (Å²) in [6.07, 6.45) is 1.12. The zero-order valence-corrected chi connectivity index (χ0v) is 10.7. The third kappa shape index (κ3) is 3.15. The molecule has 19 heavy (non-hydrogen) atoms. The summed E-state index contributed by atoms with van der Waals surface area (Å²) >= 11 is 0. The molecule has 100 valence electrons. The zero-order chi connectivity index (χ0) is 13.7. The average molecular weight is 260 g/mol. The molecule has 0 bridgehead atoms. The highest BCUT2D eigenvalue weighted by Crippen LogP contribution is 2.28. The first-order valence-electron chi connectivity index (χ1n) is 6.22. The Morgan fingerprint density at radius 2 is 2.11 bits per heavy atom. The number of carboxylic acids is 1. The molecule has 2 aromatic rings. The minimum absolute atomic E-state index is 0.274. The highest BCUT2D eigenvalue weighted by atomic mass is 16.4. The number of hydrogen-bond acceptors (Lipinski definition) is 4. The van der Waals surface area contributed by atoms with Gasteiger partial charge in [-0.25, -0.2) is 0 Å². The van der Waals surface area contributed by atoms with E-state index in [4.69, 9.17) is 0 Å². The van der Waals surface area contributed by atoms with Crippen LogP contribution < -0.4 is 0 Å². The van der Waals surface area contributed by atoms with Gasteiger partial charge in [0.25, 0.3) is 0 Å². The lowest BCUT2D eigenvalue weighted by Crippen LogP contribution is -2.24. The van der Waals surface area contributed by atoms with Gasteiger partial charge in [-0.15, -0.1) is 10.2 Å². The predicted octanol–water partition coefficient (Wildman–Crippen LogP) is 1.64. The molecule has 1 aromatic carbocycles. The van der Waals surface area contributed by atoms with Gasteiger partial charge in [-0.05, 0) is 18.4 Å². The number of aromatic nitrogens is 4. The smallest absolute Gasteiger partial charge is 0.307 e. The van der Waals surface area contributed by atoms with Gasteiger partial charge in [0, 0.05) is 5.92 Å². The summed E-state index contributed by atoms with van der Waals surface area (Å²) in [7, 11) is 0. The first-order valence-corrected chi connectivity index (χ1v) is 6.22. The lowest BCUT2D eigenvalue weighted by atomic mass is 9.84. The molecule has 6 nitrogen and oxygen atoms in total. The molecule has 1 heterocycles. The van der Waals surface area contributed by atoms with Crippen LogP contribution >= 0.6 is 0 Å². The van der Waals surface area contributed by atoms with Gasteiger partial charge in [0.1, 0.15) is 0 Å². The molecule has 2 unspecified atom stereocenters. The van der Waals surface area contributed by atoms with Crippen LogP contribution in [0.15, 0.2) is 30.3 Å². The van der Waals surface area contributed by atoms with E-state index in [1.54, 1.807) is 0 Å². The molecule has 2 atom stereocenters. The van der Waals surface area contributed by atoms with Crippen molar-refractivity contribution in [1.29, 1.82) is 0 Å². The predicted molar refractivity (Wildman–Crippen MR) is 68.5 cm³/mol. The number of rotatable bonds is 6. The third-order valence-corrected chi connectivity index (χ3v) is 3.23. The minimum Gasteiger partial charge on any atom is -0.481 e. The fraction of sp³-hybridized carbons (Fsp3) is 0.385. The van der Waals surface area contributed by atoms with E-state index in [1.807, 2.05) is 37.3 Å². The summed E-state index contributed by atoms with van der Waals surface area (Å²) in [6.45, 7) is 1.86. The molecule has 6 heteroatoms. The van der Waals surface area contributed by atoms with Crippen LogP contribution in [-0.2, 0) is 11.2 Å². The van der Waals surface area contributed by atoms with E-state index in [0.29, 0.717) is 18.7 Å². The Morgan fingerprint density at radius 3 is 2.63 bits per heavy atom. The van der Waals surface area contributed by atoms with Crippen LogP contribution in [0.4, 0.5) is 0 Å². The number of aromatic amines is 1. The van der Waals surface area contributed by atoms with Gasteiger partial charge in [-0.3, -0.25) is 4.79 Å². The van der Waals surface area contributed by atoms with E-state index in [1.165, 1.54) is 0 Å². The number of nitrogens with zero attached hydrogens (tertiary/aromatic N) is 3. The number of aliphatic carboxylic acids is 1. The quantitative estimate of drug-likeness (QED) is 0.823. The SMILES string of the molecule is CCC(C(=O)O)C(Cc1ccccc1)c1nn[nH]n1. The minimum atomic E-state index is -0.826.